The number of fused-ring (bicyclic) bond motifs is 1. The molecule has 4 heteroatoms. The van der Waals surface area contributed by atoms with Gasteiger partial charge in [-0.25, -0.2) is 0 Å². The molecule has 0 aliphatic rings. The standard InChI is InChI=1S/C16H12N4/c1-3-7-12(8-4-1)14-11-15-17-18-16(20(15)19-14)13-9-5-2-6-10-13/h1-11,17H. The van der Waals surface area contributed by atoms with Crippen LogP contribution in [0.15, 0.2) is 66.7 Å². The van der Waals surface area contributed by atoms with Crippen molar-refractivity contribution in [3.05, 3.63) is 66.7 Å². The molecule has 0 radical (unpaired) electrons. The summed E-state index contributed by atoms with van der Waals surface area (Å²) in [4.78, 5) is 0. The molecule has 4 rings (SSSR count). The third kappa shape index (κ3) is 1.70. The van der Waals surface area contributed by atoms with Crippen molar-refractivity contribution in [2.45, 2.75) is 0 Å². The summed E-state index contributed by atoms with van der Waals surface area (Å²) >= 11 is 0. The molecule has 0 fully saturated rings. The van der Waals surface area contributed by atoms with E-state index >= 15 is 0 Å². The van der Waals surface area contributed by atoms with Gasteiger partial charge in [-0.15, -0.1) is 0 Å². The SMILES string of the molecule is c1ccc(-c2cc3[nH]nc(-c4ccccc4)n3n2)cc1. The third-order valence-corrected chi connectivity index (χ3v) is 3.29. The van der Waals surface area contributed by atoms with E-state index in [1.165, 1.54) is 0 Å². The van der Waals surface area contributed by atoms with E-state index < -0.39 is 0 Å². The molecule has 0 atom stereocenters. The summed E-state index contributed by atoms with van der Waals surface area (Å²) < 4.78 is 1.84. The van der Waals surface area contributed by atoms with Crippen LogP contribution in [0.25, 0.3) is 28.3 Å². The van der Waals surface area contributed by atoms with Crippen molar-refractivity contribution in [2.24, 2.45) is 0 Å². The average Bonchev–Trinajstić information content (AvgIpc) is 3.09. The van der Waals surface area contributed by atoms with Crippen molar-refractivity contribution in [2.75, 3.05) is 0 Å². The van der Waals surface area contributed by atoms with Crippen molar-refractivity contribution >= 4 is 5.65 Å². The van der Waals surface area contributed by atoms with Crippen LogP contribution >= 0.6 is 0 Å². The van der Waals surface area contributed by atoms with E-state index in [2.05, 4.69) is 27.4 Å². The molecule has 4 aromatic rings. The van der Waals surface area contributed by atoms with E-state index in [4.69, 9.17) is 0 Å². The van der Waals surface area contributed by atoms with Gasteiger partial charge in [-0.3, -0.25) is 5.10 Å². The third-order valence-electron chi connectivity index (χ3n) is 3.29. The quantitative estimate of drug-likeness (QED) is 0.600. The number of hydrogen-bond acceptors (Lipinski definition) is 2. The fraction of sp³-hybridized carbons (Fsp3) is 0. The van der Waals surface area contributed by atoms with Crippen molar-refractivity contribution in [3.63, 3.8) is 0 Å². The van der Waals surface area contributed by atoms with Crippen LogP contribution < -0.4 is 0 Å². The Hall–Kier alpha value is -2.88. The minimum Gasteiger partial charge on any atom is -0.259 e. The van der Waals surface area contributed by atoms with E-state index in [-0.39, 0.29) is 0 Å². The predicted octanol–water partition coefficient (Wildman–Crippen LogP) is 3.39. The van der Waals surface area contributed by atoms with Crippen LogP contribution in [0, 0.1) is 0 Å². The molecule has 2 aromatic heterocycles. The molecular weight excluding hydrogens is 248 g/mol. The minimum absolute atomic E-state index is 0.822. The highest BCUT2D eigenvalue weighted by Crippen LogP contribution is 2.22. The van der Waals surface area contributed by atoms with E-state index in [0.29, 0.717) is 0 Å². The molecule has 0 amide bonds. The summed E-state index contributed by atoms with van der Waals surface area (Å²) in [5, 5.41) is 12.0. The molecule has 0 spiro atoms. The first kappa shape index (κ1) is 11.0. The molecule has 4 nitrogen and oxygen atoms in total. The number of hydrogen-bond donors (Lipinski definition) is 1. The van der Waals surface area contributed by atoms with Gasteiger partial charge in [-0.05, 0) is 0 Å². The van der Waals surface area contributed by atoms with E-state index in [0.717, 1.165) is 28.3 Å². The Morgan fingerprint density at radius 2 is 1.45 bits per heavy atom. The van der Waals surface area contributed by atoms with Crippen LogP contribution in [-0.2, 0) is 0 Å². The molecule has 0 bridgehead atoms. The summed E-state index contributed by atoms with van der Waals surface area (Å²) in [7, 11) is 0. The highest BCUT2D eigenvalue weighted by molar-refractivity contribution is 5.67. The maximum Gasteiger partial charge on any atom is 0.182 e. The minimum atomic E-state index is 0.822. The molecule has 2 aromatic carbocycles. The number of nitrogens with zero attached hydrogens (tertiary/aromatic N) is 3. The second kappa shape index (κ2) is 4.35. The Labute approximate surface area is 115 Å². The topological polar surface area (TPSA) is 46.0 Å². The van der Waals surface area contributed by atoms with Gasteiger partial charge in [0.25, 0.3) is 0 Å². The normalized spacial score (nSPS) is 11.0. The summed E-state index contributed by atoms with van der Waals surface area (Å²) in [5.74, 6) is 0.822. The van der Waals surface area contributed by atoms with Crippen LogP contribution in [0.4, 0.5) is 0 Å². The Morgan fingerprint density at radius 1 is 0.800 bits per heavy atom. The largest absolute Gasteiger partial charge is 0.259 e. The fourth-order valence-corrected chi connectivity index (χ4v) is 2.30. The Morgan fingerprint density at radius 3 is 2.15 bits per heavy atom. The van der Waals surface area contributed by atoms with Crippen molar-refractivity contribution in [1.82, 2.24) is 19.8 Å². The second-order valence-corrected chi connectivity index (χ2v) is 4.61. The molecular formula is C16H12N4. The van der Waals surface area contributed by atoms with Crippen molar-refractivity contribution in [1.29, 1.82) is 0 Å². The lowest BCUT2D eigenvalue weighted by molar-refractivity contribution is 0.970. The smallest absolute Gasteiger partial charge is 0.182 e. The van der Waals surface area contributed by atoms with Crippen LogP contribution in [0.3, 0.4) is 0 Å². The zero-order chi connectivity index (χ0) is 13.4. The number of H-pyrrole nitrogens is 1. The van der Waals surface area contributed by atoms with Gasteiger partial charge in [0, 0.05) is 17.2 Å². The number of aromatic amines is 1. The Kier molecular flexibility index (Phi) is 2.39. The number of rotatable bonds is 2. The van der Waals surface area contributed by atoms with Crippen molar-refractivity contribution < 1.29 is 0 Å². The zero-order valence-corrected chi connectivity index (χ0v) is 10.7. The first-order valence-corrected chi connectivity index (χ1v) is 6.47. The molecule has 0 unspecified atom stereocenters. The molecule has 96 valence electrons. The molecule has 20 heavy (non-hydrogen) atoms. The van der Waals surface area contributed by atoms with Crippen LogP contribution in [0.5, 0.6) is 0 Å². The highest BCUT2D eigenvalue weighted by Gasteiger charge is 2.11. The number of aromatic nitrogens is 4. The lowest BCUT2D eigenvalue weighted by atomic mass is 10.2. The lowest BCUT2D eigenvalue weighted by Crippen LogP contribution is -1.90. The van der Waals surface area contributed by atoms with Crippen molar-refractivity contribution in [3.8, 4) is 22.6 Å². The fourth-order valence-electron chi connectivity index (χ4n) is 2.30. The van der Waals surface area contributed by atoms with Gasteiger partial charge in [-0.1, -0.05) is 60.7 Å². The molecule has 2 heterocycles. The molecule has 0 aliphatic carbocycles. The Balaban J connectivity index is 1.88. The van der Waals surface area contributed by atoms with Gasteiger partial charge in [0.1, 0.15) is 0 Å². The van der Waals surface area contributed by atoms with Gasteiger partial charge < -0.3 is 0 Å². The maximum absolute atomic E-state index is 4.64. The Bertz CT molecular complexity index is 844. The zero-order valence-electron chi connectivity index (χ0n) is 10.7. The van der Waals surface area contributed by atoms with E-state index in [1.807, 2.05) is 59.1 Å². The lowest BCUT2D eigenvalue weighted by Gasteiger charge is -1.97. The molecule has 0 saturated carbocycles. The highest BCUT2D eigenvalue weighted by atomic mass is 15.4. The monoisotopic (exact) mass is 260 g/mol. The number of nitrogens with one attached hydrogen (secondary N) is 1. The summed E-state index contributed by atoms with van der Waals surface area (Å²) in [5.41, 5.74) is 3.98. The van der Waals surface area contributed by atoms with Gasteiger partial charge in [0.15, 0.2) is 11.5 Å². The molecule has 0 aliphatic heterocycles. The predicted molar refractivity (Wildman–Crippen MR) is 78.2 cm³/mol. The first-order chi connectivity index (χ1) is 9.92. The number of benzene rings is 2. The van der Waals surface area contributed by atoms with E-state index in [9.17, 15) is 0 Å². The van der Waals surface area contributed by atoms with Crippen LogP contribution in [0.2, 0.25) is 0 Å². The van der Waals surface area contributed by atoms with Gasteiger partial charge in [0.05, 0.1) is 5.69 Å². The van der Waals surface area contributed by atoms with Gasteiger partial charge in [-0.2, -0.15) is 14.7 Å². The first-order valence-electron chi connectivity index (χ1n) is 6.47. The molecule has 0 saturated heterocycles. The van der Waals surface area contributed by atoms with Crippen LogP contribution in [-0.4, -0.2) is 19.8 Å². The van der Waals surface area contributed by atoms with Gasteiger partial charge >= 0.3 is 0 Å². The summed E-state index contributed by atoms with van der Waals surface area (Å²) in [6.07, 6.45) is 0. The maximum atomic E-state index is 4.64. The average molecular weight is 260 g/mol. The summed E-state index contributed by atoms with van der Waals surface area (Å²) in [6.45, 7) is 0. The van der Waals surface area contributed by atoms with Crippen LogP contribution in [0.1, 0.15) is 0 Å². The summed E-state index contributed by atoms with van der Waals surface area (Å²) in [6, 6.07) is 22.2. The second-order valence-electron chi connectivity index (χ2n) is 4.61. The van der Waals surface area contributed by atoms with Gasteiger partial charge in [0.2, 0.25) is 0 Å². The van der Waals surface area contributed by atoms with E-state index in [1.54, 1.807) is 0 Å². The molecule has 1 N–H and O–H groups in total.